The number of hydrogen-bond acceptors (Lipinski definition) is 6. The monoisotopic (exact) mass is 556 g/mol. The van der Waals surface area contributed by atoms with E-state index in [2.05, 4.69) is 40.5 Å². The van der Waals surface area contributed by atoms with Crippen molar-refractivity contribution in [1.82, 2.24) is 40.5 Å². The van der Waals surface area contributed by atoms with E-state index in [9.17, 15) is 9.59 Å². The summed E-state index contributed by atoms with van der Waals surface area (Å²) in [6.07, 6.45) is 3.44. The van der Waals surface area contributed by atoms with E-state index >= 15 is 0 Å². The van der Waals surface area contributed by atoms with Gasteiger partial charge in [0, 0.05) is 12.1 Å². The van der Waals surface area contributed by atoms with E-state index in [1.54, 1.807) is 24.3 Å². The Kier molecular flexibility index (Phi) is 6.63. The quantitative estimate of drug-likeness (QED) is 0.227. The minimum absolute atomic E-state index is 0.231. The van der Waals surface area contributed by atoms with Crippen molar-refractivity contribution in [2.45, 2.75) is 37.8 Å². The molecule has 4 aromatic heterocycles. The van der Waals surface area contributed by atoms with Crippen molar-refractivity contribution in [3.05, 3.63) is 96.3 Å². The number of benzene rings is 2. The summed E-state index contributed by atoms with van der Waals surface area (Å²) in [4.78, 5) is 51.5. The fraction of sp³-hybridized carbons (Fsp3) is 0.188. The zero-order valence-electron chi connectivity index (χ0n) is 22.7. The molecule has 2 atom stereocenters. The number of hydrogen-bond donors (Lipinski definition) is 4. The lowest BCUT2D eigenvalue weighted by Gasteiger charge is -2.32. The Morgan fingerprint density at radius 2 is 1.02 bits per heavy atom. The average Bonchev–Trinajstić information content (AvgIpc) is 3.67. The summed E-state index contributed by atoms with van der Waals surface area (Å²) >= 11 is 0. The van der Waals surface area contributed by atoms with Gasteiger partial charge in [0.05, 0.1) is 22.1 Å². The zero-order chi connectivity index (χ0) is 28.5. The molecule has 2 aromatic carbocycles. The third kappa shape index (κ3) is 5.10. The Bertz CT molecular complexity index is 1720. The summed E-state index contributed by atoms with van der Waals surface area (Å²) in [5, 5.41) is 6.23. The van der Waals surface area contributed by atoms with Crippen molar-refractivity contribution < 1.29 is 9.59 Å². The molecule has 10 heteroatoms. The molecule has 4 heterocycles. The maximum absolute atomic E-state index is 13.3. The molecule has 42 heavy (non-hydrogen) atoms. The molecule has 10 nitrogen and oxygen atoms in total. The van der Waals surface area contributed by atoms with Crippen molar-refractivity contribution in [2.75, 3.05) is 0 Å². The second-order valence-electron chi connectivity index (χ2n) is 10.5. The summed E-state index contributed by atoms with van der Waals surface area (Å²) in [5.41, 5.74) is 5.24. The molecular formula is C32H28N8O2. The highest BCUT2D eigenvalue weighted by Gasteiger charge is 2.29. The highest BCUT2D eigenvalue weighted by Crippen LogP contribution is 2.22. The number of para-hydroxylation sites is 4. The van der Waals surface area contributed by atoms with E-state index in [0.29, 0.717) is 34.4 Å². The van der Waals surface area contributed by atoms with Crippen LogP contribution in [0, 0.1) is 0 Å². The Labute approximate surface area is 241 Å². The minimum Gasteiger partial charge on any atom is -0.346 e. The molecule has 2 amide bonds. The van der Waals surface area contributed by atoms with Crippen LogP contribution in [0.15, 0.2) is 84.9 Å². The van der Waals surface area contributed by atoms with Crippen molar-refractivity contribution >= 4 is 33.9 Å². The number of nitrogens with zero attached hydrogens (tertiary/aromatic N) is 4. The summed E-state index contributed by atoms with van der Waals surface area (Å²) < 4.78 is 0. The van der Waals surface area contributed by atoms with Gasteiger partial charge in [0.1, 0.15) is 22.8 Å². The molecule has 0 bridgehead atoms. The van der Waals surface area contributed by atoms with Crippen LogP contribution < -0.4 is 10.6 Å². The number of pyridine rings is 2. The second kappa shape index (κ2) is 10.9. The van der Waals surface area contributed by atoms with Gasteiger partial charge in [-0.2, -0.15) is 0 Å². The molecular weight excluding hydrogens is 528 g/mol. The van der Waals surface area contributed by atoms with E-state index < -0.39 is 0 Å². The van der Waals surface area contributed by atoms with Crippen LogP contribution >= 0.6 is 0 Å². The fourth-order valence-electron chi connectivity index (χ4n) is 5.50. The van der Waals surface area contributed by atoms with Gasteiger partial charge in [-0.25, -0.2) is 19.9 Å². The van der Waals surface area contributed by atoms with Crippen LogP contribution in [0.1, 0.15) is 46.7 Å². The van der Waals surface area contributed by atoms with Crippen LogP contribution in [0.2, 0.25) is 0 Å². The molecule has 6 aromatic rings. The standard InChI is InChI=1S/C32H28N8O2/c41-31(27-17-7-15-25(33-27)29-35-19-9-1-2-10-20(19)36-29)39-23-13-5-6-14-24(23)40-32(42)28-18-8-16-26(34-28)30-37-21-11-3-4-12-22(21)38-30/h1-4,7-12,15-18,23-24H,5-6,13-14H2,(H,35,36)(H,37,38)(H,39,41)(H,40,42). The van der Waals surface area contributed by atoms with E-state index in [-0.39, 0.29) is 23.9 Å². The molecule has 4 N–H and O–H groups in total. The zero-order valence-corrected chi connectivity index (χ0v) is 22.7. The number of fused-ring (bicyclic) bond motifs is 2. The number of amides is 2. The van der Waals surface area contributed by atoms with Gasteiger partial charge in [0.15, 0.2) is 11.6 Å². The van der Waals surface area contributed by atoms with Gasteiger partial charge < -0.3 is 20.6 Å². The molecule has 7 rings (SSSR count). The number of aromatic amines is 2. The van der Waals surface area contributed by atoms with Gasteiger partial charge in [0.2, 0.25) is 0 Å². The molecule has 2 unspecified atom stereocenters. The van der Waals surface area contributed by atoms with Crippen molar-refractivity contribution in [2.24, 2.45) is 0 Å². The number of rotatable bonds is 6. The van der Waals surface area contributed by atoms with Gasteiger partial charge in [-0.05, 0) is 61.4 Å². The Morgan fingerprint density at radius 3 is 1.48 bits per heavy atom. The highest BCUT2D eigenvalue weighted by atomic mass is 16.2. The molecule has 0 saturated heterocycles. The topological polar surface area (TPSA) is 141 Å². The van der Waals surface area contributed by atoms with Gasteiger partial charge in [-0.15, -0.1) is 0 Å². The van der Waals surface area contributed by atoms with E-state index in [4.69, 9.17) is 0 Å². The molecule has 1 aliphatic carbocycles. The molecule has 1 saturated carbocycles. The van der Waals surface area contributed by atoms with Gasteiger partial charge in [-0.3, -0.25) is 9.59 Å². The lowest BCUT2D eigenvalue weighted by molar-refractivity contribution is 0.0858. The van der Waals surface area contributed by atoms with Crippen LogP contribution in [0.3, 0.4) is 0 Å². The number of nitrogens with one attached hydrogen (secondary N) is 4. The van der Waals surface area contributed by atoms with E-state index in [1.165, 1.54) is 0 Å². The second-order valence-corrected chi connectivity index (χ2v) is 10.5. The first-order chi connectivity index (χ1) is 20.6. The molecule has 0 spiro atoms. The van der Waals surface area contributed by atoms with Crippen LogP contribution in [-0.4, -0.2) is 53.8 Å². The summed E-state index contributed by atoms with van der Waals surface area (Å²) in [6.45, 7) is 0. The summed E-state index contributed by atoms with van der Waals surface area (Å²) in [7, 11) is 0. The molecule has 208 valence electrons. The van der Waals surface area contributed by atoms with Crippen LogP contribution in [0.4, 0.5) is 0 Å². The predicted octanol–water partition coefficient (Wildman–Crippen LogP) is 5.03. The molecule has 0 radical (unpaired) electrons. The highest BCUT2D eigenvalue weighted by molar-refractivity contribution is 5.94. The van der Waals surface area contributed by atoms with Crippen LogP contribution in [-0.2, 0) is 0 Å². The van der Waals surface area contributed by atoms with Gasteiger partial charge >= 0.3 is 0 Å². The van der Waals surface area contributed by atoms with E-state index in [0.717, 1.165) is 47.8 Å². The molecule has 1 fully saturated rings. The SMILES string of the molecule is O=C(NC1CCCCC1NC(=O)c1cccc(-c2nc3ccccc3[nH]2)n1)c1cccc(-c2nc3ccccc3[nH]2)n1. The Balaban J connectivity index is 1.06. The maximum Gasteiger partial charge on any atom is 0.270 e. The first-order valence-corrected chi connectivity index (χ1v) is 14.1. The first kappa shape index (κ1) is 25.6. The molecule has 1 aliphatic rings. The van der Waals surface area contributed by atoms with Crippen molar-refractivity contribution in [3.8, 4) is 23.0 Å². The number of carbonyl (C=O) groups is 2. The van der Waals surface area contributed by atoms with Gasteiger partial charge in [-0.1, -0.05) is 49.2 Å². The number of aromatic nitrogens is 6. The fourth-order valence-corrected chi connectivity index (χ4v) is 5.50. The summed E-state index contributed by atoms with van der Waals surface area (Å²) in [5.74, 6) is 0.630. The van der Waals surface area contributed by atoms with Crippen molar-refractivity contribution in [3.63, 3.8) is 0 Å². The number of carbonyl (C=O) groups excluding carboxylic acids is 2. The maximum atomic E-state index is 13.3. The Morgan fingerprint density at radius 1 is 0.571 bits per heavy atom. The number of imidazole rings is 2. The van der Waals surface area contributed by atoms with Crippen molar-refractivity contribution in [1.29, 1.82) is 0 Å². The normalized spacial score (nSPS) is 16.9. The summed E-state index contributed by atoms with van der Waals surface area (Å²) in [6, 6.07) is 25.6. The number of H-pyrrole nitrogens is 2. The van der Waals surface area contributed by atoms with Crippen LogP contribution in [0.25, 0.3) is 45.1 Å². The molecule has 0 aliphatic heterocycles. The third-order valence-electron chi connectivity index (χ3n) is 7.63. The largest absolute Gasteiger partial charge is 0.346 e. The van der Waals surface area contributed by atoms with E-state index in [1.807, 2.05) is 60.7 Å². The minimum atomic E-state index is -0.288. The lowest BCUT2D eigenvalue weighted by atomic mass is 9.90. The smallest absolute Gasteiger partial charge is 0.270 e. The first-order valence-electron chi connectivity index (χ1n) is 14.1. The predicted molar refractivity (Wildman–Crippen MR) is 160 cm³/mol. The third-order valence-corrected chi connectivity index (χ3v) is 7.63. The average molecular weight is 557 g/mol. The van der Waals surface area contributed by atoms with Gasteiger partial charge in [0.25, 0.3) is 11.8 Å². The van der Waals surface area contributed by atoms with Crippen LogP contribution in [0.5, 0.6) is 0 Å². The lowest BCUT2D eigenvalue weighted by Crippen LogP contribution is -2.53. The Hall–Kier alpha value is -5.38.